The minimum atomic E-state index is -0.372. The van der Waals surface area contributed by atoms with Gasteiger partial charge in [-0.05, 0) is 6.92 Å². The summed E-state index contributed by atoms with van der Waals surface area (Å²) in [5.74, 6) is 1.55. The van der Waals surface area contributed by atoms with Crippen molar-refractivity contribution in [2.45, 2.75) is 27.7 Å². The molecule has 0 bridgehead atoms. The second kappa shape index (κ2) is 7.59. The van der Waals surface area contributed by atoms with E-state index in [2.05, 4.69) is 25.5 Å². The molecule has 7 heteroatoms. The molecule has 1 aliphatic rings. The van der Waals surface area contributed by atoms with E-state index in [9.17, 15) is 4.79 Å². The number of hydrogen-bond acceptors (Lipinski definition) is 6. The van der Waals surface area contributed by atoms with Gasteiger partial charge >= 0.3 is 0 Å². The van der Waals surface area contributed by atoms with Crippen LogP contribution < -0.4 is 15.5 Å². The summed E-state index contributed by atoms with van der Waals surface area (Å²) in [7, 11) is 0. The highest BCUT2D eigenvalue weighted by Crippen LogP contribution is 2.16. The molecule has 23 heavy (non-hydrogen) atoms. The standard InChI is InChI=1S/C16H27N5O2/c1-12-11-13(21-7-9-23-10-8-21)20-15(19-12)18-6-5-17-14(22)16(2,3)4/h11H,5-10H2,1-4H3,(H,17,22)(H,18,19,20). The van der Waals surface area contributed by atoms with Gasteiger partial charge in [0.2, 0.25) is 11.9 Å². The number of ether oxygens (including phenoxy) is 1. The van der Waals surface area contributed by atoms with E-state index in [4.69, 9.17) is 4.74 Å². The first-order valence-corrected chi connectivity index (χ1v) is 8.07. The Labute approximate surface area is 137 Å². The molecular formula is C16H27N5O2. The summed E-state index contributed by atoms with van der Waals surface area (Å²) >= 11 is 0. The summed E-state index contributed by atoms with van der Waals surface area (Å²) in [4.78, 5) is 23.0. The van der Waals surface area contributed by atoms with Crippen molar-refractivity contribution in [3.05, 3.63) is 11.8 Å². The number of rotatable bonds is 5. The smallest absolute Gasteiger partial charge is 0.225 e. The highest BCUT2D eigenvalue weighted by Gasteiger charge is 2.20. The van der Waals surface area contributed by atoms with E-state index in [1.165, 1.54) is 0 Å². The molecule has 7 nitrogen and oxygen atoms in total. The third-order valence-electron chi connectivity index (χ3n) is 3.55. The van der Waals surface area contributed by atoms with E-state index in [0.717, 1.165) is 37.8 Å². The zero-order valence-corrected chi connectivity index (χ0v) is 14.5. The predicted molar refractivity (Wildman–Crippen MR) is 90.8 cm³/mol. The summed E-state index contributed by atoms with van der Waals surface area (Å²) in [6.07, 6.45) is 0. The van der Waals surface area contributed by atoms with Crippen molar-refractivity contribution >= 4 is 17.7 Å². The van der Waals surface area contributed by atoms with E-state index < -0.39 is 0 Å². The highest BCUT2D eigenvalue weighted by molar-refractivity contribution is 5.81. The van der Waals surface area contributed by atoms with Gasteiger partial charge in [-0.3, -0.25) is 4.79 Å². The normalized spacial score (nSPS) is 15.4. The van der Waals surface area contributed by atoms with Gasteiger partial charge in [-0.25, -0.2) is 4.98 Å². The van der Waals surface area contributed by atoms with Crippen molar-refractivity contribution in [3.63, 3.8) is 0 Å². The Morgan fingerprint density at radius 3 is 2.61 bits per heavy atom. The number of amides is 1. The van der Waals surface area contributed by atoms with Crippen LogP contribution in [0.2, 0.25) is 0 Å². The van der Waals surface area contributed by atoms with Crippen LogP contribution in [0.1, 0.15) is 26.5 Å². The first-order chi connectivity index (χ1) is 10.9. The van der Waals surface area contributed by atoms with E-state index in [0.29, 0.717) is 19.0 Å². The molecule has 2 N–H and O–H groups in total. The van der Waals surface area contributed by atoms with Gasteiger partial charge in [0.1, 0.15) is 5.82 Å². The van der Waals surface area contributed by atoms with Crippen molar-refractivity contribution in [1.82, 2.24) is 15.3 Å². The molecule has 2 rings (SSSR count). The van der Waals surface area contributed by atoms with Gasteiger partial charge in [0.15, 0.2) is 0 Å². The van der Waals surface area contributed by atoms with Crippen LogP contribution in [0.25, 0.3) is 0 Å². The highest BCUT2D eigenvalue weighted by atomic mass is 16.5. The molecule has 0 unspecified atom stereocenters. The maximum atomic E-state index is 11.8. The van der Waals surface area contributed by atoms with Crippen molar-refractivity contribution in [2.75, 3.05) is 49.6 Å². The van der Waals surface area contributed by atoms with Gasteiger partial charge in [-0.1, -0.05) is 20.8 Å². The number of carbonyl (C=O) groups excluding carboxylic acids is 1. The molecule has 0 spiro atoms. The Kier molecular flexibility index (Phi) is 5.76. The summed E-state index contributed by atoms with van der Waals surface area (Å²) < 4.78 is 5.37. The average molecular weight is 321 g/mol. The summed E-state index contributed by atoms with van der Waals surface area (Å²) in [5.41, 5.74) is 0.547. The van der Waals surface area contributed by atoms with Crippen LogP contribution in [-0.2, 0) is 9.53 Å². The van der Waals surface area contributed by atoms with Crippen LogP contribution in [-0.4, -0.2) is 55.3 Å². The van der Waals surface area contributed by atoms with Crippen molar-refractivity contribution in [1.29, 1.82) is 0 Å². The Hall–Kier alpha value is -1.89. The lowest BCUT2D eigenvalue weighted by Crippen LogP contribution is -2.38. The molecule has 0 aliphatic carbocycles. The predicted octanol–water partition coefficient (Wildman–Crippen LogP) is 1.20. The molecule has 0 aromatic carbocycles. The molecule has 1 aromatic heterocycles. The van der Waals surface area contributed by atoms with Gasteiger partial charge in [0, 0.05) is 43.4 Å². The SMILES string of the molecule is Cc1cc(N2CCOCC2)nc(NCCNC(=O)C(C)(C)C)n1. The Morgan fingerprint density at radius 2 is 1.96 bits per heavy atom. The maximum absolute atomic E-state index is 11.8. The summed E-state index contributed by atoms with van der Waals surface area (Å²) in [6.45, 7) is 11.9. The molecule has 1 aromatic rings. The molecule has 1 saturated heterocycles. The number of aryl methyl sites for hydroxylation is 1. The molecule has 2 heterocycles. The third-order valence-corrected chi connectivity index (χ3v) is 3.55. The largest absolute Gasteiger partial charge is 0.378 e. The minimum absolute atomic E-state index is 0.0402. The monoisotopic (exact) mass is 321 g/mol. The van der Waals surface area contributed by atoms with Gasteiger partial charge in [-0.2, -0.15) is 4.98 Å². The third kappa shape index (κ3) is 5.35. The van der Waals surface area contributed by atoms with Crippen molar-refractivity contribution in [3.8, 4) is 0 Å². The number of hydrogen-bond donors (Lipinski definition) is 2. The Bertz CT molecular complexity index is 536. The van der Waals surface area contributed by atoms with Gasteiger partial charge in [0.05, 0.1) is 13.2 Å². The molecule has 1 fully saturated rings. The van der Waals surface area contributed by atoms with Crippen LogP contribution in [0, 0.1) is 12.3 Å². The fraction of sp³-hybridized carbons (Fsp3) is 0.688. The quantitative estimate of drug-likeness (QED) is 0.793. The number of aromatic nitrogens is 2. The van der Waals surface area contributed by atoms with Crippen molar-refractivity contribution in [2.24, 2.45) is 5.41 Å². The maximum Gasteiger partial charge on any atom is 0.225 e. The number of morpholine rings is 1. The molecule has 0 saturated carbocycles. The van der Waals surface area contributed by atoms with E-state index in [1.54, 1.807) is 0 Å². The fourth-order valence-electron chi connectivity index (χ4n) is 2.20. The molecule has 1 aliphatic heterocycles. The molecule has 128 valence electrons. The lowest BCUT2D eigenvalue weighted by molar-refractivity contribution is -0.128. The van der Waals surface area contributed by atoms with Gasteiger partial charge in [0.25, 0.3) is 0 Å². The van der Waals surface area contributed by atoms with Crippen LogP contribution in [0.3, 0.4) is 0 Å². The molecule has 0 radical (unpaired) electrons. The first kappa shape index (κ1) is 17.5. The zero-order chi connectivity index (χ0) is 16.9. The van der Waals surface area contributed by atoms with Gasteiger partial charge in [-0.15, -0.1) is 0 Å². The second-order valence-corrected chi connectivity index (χ2v) is 6.72. The van der Waals surface area contributed by atoms with Crippen LogP contribution in [0.4, 0.5) is 11.8 Å². The van der Waals surface area contributed by atoms with Crippen LogP contribution in [0.15, 0.2) is 6.07 Å². The zero-order valence-electron chi connectivity index (χ0n) is 14.5. The summed E-state index contributed by atoms with van der Waals surface area (Å²) in [6, 6.07) is 1.98. The number of anilines is 2. The minimum Gasteiger partial charge on any atom is -0.378 e. The Morgan fingerprint density at radius 1 is 1.26 bits per heavy atom. The van der Waals surface area contributed by atoms with Crippen molar-refractivity contribution < 1.29 is 9.53 Å². The number of carbonyl (C=O) groups is 1. The molecule has 1 amide bonds. The van der Waals surface area contributed by atoms with E-state index >= 15 is 0 Å². The first-order valence-electron chi connectivity index (χ1n) is 8.07. The second-order valence-electron chi connectivity index (χ2n) is 6.72. The summed E-state index contributed by atoms with van der Waals surface area (Å²) in [5, 5.41) is 6.08. The number of nitrogens with one attached hydrogen (secondary N) is 2. The molecular weight excluding hydrogens is 294 g/mol. The van der Waals surface area contributed by atoms with Crippen LogP contribution >= 0.6 is 0 Å². The lowest BCUT2D eigenvalue weighted by atomic mass is 9.96. The van der Waals surface area contributed by atoms with E-state index in [-0.39, 0.29) is 11.3 Å². The Balaban J connectivity index is 1.87. The average Bonchev–Trinajstić information content (AvgIpc) is 2.51. The topological polar surface area (TPSA) is 79.4 Å². The molecule has 0 atom stereocenters. The van der Waals surface area contributed by atoms with Gasteiger partial charge < -0.3 is 20.3 Å². The van der Waals surface area contributed by atoms with Crippen LogP contribution in [0.5, 0.6) is 0 Å². The number of nitrogens with zero attached hydrogens (tertiary/aromatic N) is 3. The lowest BCUT2D eigenvalue weighted by Gasteiger charge is -2.28. The fourth-order valence-corrected chi connectivity index (χ4v) is 2.20. The van der Waals surface area contributed by atoms with E-state index in [1.807, 2.05) is 33.8 Å².